The topological polar surface area (TPSA) is 79.8 Å². The number of hydrogen-bond acceptors (Lipinski definition) is 6. The second-order valence-corrected chi connectivity index (χ2v) is 7.53. The van der Waals surface area contributed by atoms with Gasteiger partial charge in [-0.2, -0.15) is 0 Å². The van der Waals surface area contributed by atoms with Gasteiger partial charge in [-0.25, -0.2) is 19.2 Å². The third-order valence-corrected chi connectivity index (χ3v) is 5.48. The highest BCUT2D eigenvalue weighted by Crippen LogP contribution is 2.32. The number of carbonyl (C=O) groups is 1. The molecule has 164 valence electrons. The zero-order valence-corrected chi connectivity index (χ0v) is 17.3. The SMILES string of the molecule is O=C(Nc1ccc2c(c1)OCCO2)N1CCN(c2cc(-c3ccc(F)cc3)ncn2)CC1. The molecule has 9 heteroatoms. The van der Waals surface area contributed by atoms with Crippen LogP contribution in [0.4, 0.5) is 20.7 Å². The molecule has 1 fully saturated rings. The van der Waals surface area contributed by atoms with Crippen molar-refractivity contribution in [1.82, 2.24) is 14.9 Å². The van der Waals surface area contributed by atoms with Gasteiger partial charge in [0.1, 0.15) is 31.2 Å². The monoisotopic (exact) mass is 435 g/mol. The van der Waals surface area contributed by atoms with E-state index in [1.807, 2.05) is 6.07 Å². The maximum absolute atomic E-state index is 13.2. The highest BCUT2D eigenvalue weighted by molar-refractivity contribution is 5.90. The van der Waals surface area contributed by atoms with E-state index in [-0.39, 0.29) is 11.8 Å². The lowest BCUT2D eigenvalue weighted by atomic mass is 10.1. The Morgan fingerprint density at radius 1 is 0.906 bits per heavy atom. The summed E-state index contributed by atoms with van der Waals surface area (Å²) in [4.78, 5) is 25.3. The van der Waals surface area contributed by atoms with E-state index in [0.717, 1.165) is 17.1 Å². The lowest BCUT2D eigenvalue weighted by Gasteiger charge is -2.35. The molecule has 2 aromatic carbocycles. The van der Waals surface area contributed by atoms with Crippen LogP contribution in [0.5, 0.6) is 11.5 Å². The number of hydrogen-bond donors (Lipinski definition) is 1. The average molecular weight is 435 g/mol. The van der Waals surface area contributed by atoms with Crippen molar-refractivity contribution >= 4 is 17.5 Å². The maximum atomic E-state index is 13.2. The van der Waals surface area contributed by atoms with Crippen molar-refractivity contribution in [2.24, 2.45) is 0 Å². The summed E-state index contributed by atoms with van der Waals surface area (Å²) in [5.41, 5.74) is 2.22. The largest absolute Gasteiger partial charge is 0.486 e. The van der Waals surface area contributed by atoms with E-state index < -0.39 is 0 Å². The molecule has 0 atom stereocenters. The van der Waals surface area contributed by atoms with E-state index in [1.54, 1.807) is 35.2 Å². The summed E-state index contributed by atoms with van der Waals surface area (Å²) in [6.07, 6.45) is 1.51. The van der Waals surface area contributed by atoms with Gasteiger partial charge < -0.3 is 24.6 Å². The van der Waals surface area contributed by atoms with Gasteiger partial charge in [0.2, 0.25) is 0 Å². The first-order chi connectivity index (χ1) is 15.7. The number of aromatic nitrogens is 2. The van der Waals surface area contributed by atoms with Crippen LogP contribution < -0.4 is 19.7 Å². The number of nitrogens with zero attached hydrogens (tertiary/aromatic N) is 4. The first-order valence-corrected chi connectivity index (χ1v) is 10.4. The lowest BCUT2D eigenvalue weighted by Crippen LogP contribution is -2.50. The first kappa shape index (κ1) is 20.0. The third kappa shape index (κ3) is 4.27. The fourth-order valence-corrected chi connectivity index (χ4v) is 3.76. The molecule has 8 nitrogen and oxygen atoms in total. The Morgan fingerprint density at radius 2 is 1.66 bits per heavy atom. The summed E-state index contributed by atoms with van der Waals surface area (Å²) in [7, 11) is 0. The van der Waals surface area contributed by atoms with Gasteiger partial charge in [0.05, 0.1) is 5.69 Å². The number of ether oxygens (including phenoxy) is 2. The van der Waals surface area contributed by atoms with Gasteiger partial charge in [-0.05, 0) is 36.4 Å². The highest BCUT2D eigenvalue weighted by atomic mass is 19.1. The predicted octanol–water partition coefficient (Wildman–Crippen LogP) is 3.41. The summed E-state index contributed by atoms with van der Waals surface area (Å²) in [6.45, 7) is 3.44. The van der Waals surface area contributed by atoms with Crippen LogP contribution in [-0.4, -0.2) is 60.3 Å². The molecular weight excluding hydrogens is 413 g/mol. The summed E-state index contributed by atoms with van der Waals surface area (Å²) < 4.78 is 24.3. The first-order valence-electron chi connectivity index (χ1n) is 10.4. The number of amides is 2. The predicted molar refractivity (Wildman–Crippen MR) is 118 cm³/mol. The molecule has 3 aromatic rings. The molecule has 0 unspecified atom stereocenters. The summed E-state index contributed by atoms with van der Waals surface area (Å²) in [5.74, 6) is 1.83. The Balaban J connectivity index is 1.20. The number of nitrogens with one attached hydrogen (secondary N) is 1. The molecule has 3 heterocycles. The van der Waals surface area contributed by atoms with Crippen molar-refractivity contribution < 1.29 is 18.7 Å². The molecule has 1 aromatic heterocycles. The summed E-state index contributed by atoms with van der Waals surface area (Å²) >= 11 is 0. The van der Waals surface area contributed by atoms with Gasteiger partial charge >= 0.3 is 6.03 Å². The number of carbonyl (C=O) groups excluding carboxylic acids is 1. The van der Waals surface area contributed by atoms with Crippen molar-refractivity contribution in [2.45, 2.75) is 0 Å². The van der Waals surface area contributed by atoms with Crippen LogP contribution in [0.3, 0.4) is 0 Å². The summed E-state index contributed by atoms with van der Waals surface area (Å²) in [6, 6.07) is 13.3. The van der Waals surface area contributed by atoms with E-state index >= 15 is 0 Å². The molecule has 0 bridgehead atoms. The zero-order valence-electron chi connectivity index (χ0n) is 17.3. The fraction of sp³-hybridized carbons (Fsp3) is 0.261. The van der Waals surface area contributed by atoms with E-state index in [1.165, 1.54) is 18.5 Å². The van der Waals surface area contributed by atoms with Gasteiger partial charge in [-0.3, -0.25) is 0 Å². The quantitative estimate of drug-likeness (QED) is 0.679. The van der Waals surface area contributed by atoms with Gasteiger partial charge in [0.15, 0.2) is 11.5 Å². The summed E-state index contributed by atoms with van der Waals surface area (Å²) in [5, 5.41) is 2.93. The molecular formula is C23H22FN5O3. The van der Waals surface area contributed by atoms with E-state index in [4.69, 9.17) is 9.47 Å². The Morgan fingerprint density at radius 3 is 2.44 bits per heavy atom. The second-order valence-electron chi connectivity index (χ2n) is 7.53. The van der Waals surface area contributed by atoms with Crippen molar-refractivity contribution in [1.29, 1.82) is 0 Å². The molecule has 32 heavy (non-hydrogen) atoms. The molecule has 0 spiro atoms. The molecule has 2 aliphatic rings. The van der Waals surface area contributed by atoms with Gasteiger partial charge in [-0.1, -0.05) is 0 Å². The zero-order chi connectivity index (χ0) is 21.9. The molecule has 5 rings (SSSR count). The van der Waals surface area contributed by atoms with Crippen LogP contribution in [0.25, 0.3) is 11.3 Å². The van der Waals surface area contributed by atoms with Crippen LogP contribution in [0.2, 0.25) is 0 Å². The minimum absolute atomic E-state index is 0.156. The van der Waals surface area contributed by atoms with Gasteiger partial charge in [0.25, 0.3) is 0 Å². The Kier molecular flexibility index (Phi) is 5.45. The standard InChI is InChI=1S/C23H22FN5O3/c24-17-3-1-16(2-4-17)19-14-22(26-15-25-19)28-7-9-29(10-8-28)23(30)27-18-5-6-20-21(13-18)32-12-11-31-20/h1-6,13-15H,7-12H2,(H,27,30). The number of fused-ring (bicyclic) bond motifs is 1. The minimum atomic E-state index is -0.284. The van der Waals surface area contributed by atoms with Crippen LogP contribution >= 0.6 is 0 Å². The van der Waals surface area contributed by atoms with Crippen molar-refractivity contribution in [3.05, 3.63) is 60.7 Å². The normalized spacial score (nSPS) is 15.4. The van der Waals surface area contributed by atoms with Crippen LogP contribution in [0.15, 0.2) is 54.9 Å². The highest BCUT2D eigenvalue weighted by Gasteiger charge is 2.23. The van der Waals surface area contributed by atoms with Crippen molar-refractivity contribution in [3.63, 3.8) is 0 Å². The van der Waals surface area contributed by atoms with Gasteiger partial charge in [-0.15, -0.1) is 0 Å². The minimum Gasteiger partial charge on any atom is -0.486 e. The smallest absolute Gasteiger partial charge is 0.321 e. The third-order valence-electron chi connectivity index (χ3n) is 5.48. The molecule has 2 aliphatic heterocycles. The van der Waals surface area contributed by atoms with Gasteiger partial charge in [0, 0.05) is 49.6 Å². The molecule has 0 aliphatic carbocycles. The Labute approximate surface area is 184 Å². The van der Waals surface area contributed by atoms with Crippen LogP contribution in [0.1, 0.15) is 0 Å². The van der Waals surface area contributed by atoms with Crippen molar-refractivity contribution in [3.8, 4) is 22.8 Å². The van der Waals surface area contributed by atoms with E-state index in [9.17, 15) is 9.18 Å². The van der Waals surface area contributed by atoms with Crippen LogP contribution in [0, 0.1) is 5.82 Å². The molecule has 0 radical (unpaired) electrons. The maximum Gasteiger partial charge on any atom is 0.321 e. The average Bonchev–Trinajstić information content (AvgIpc) is 2.84. The second kappa shape index (κ2) is 8.70. The molecule has 1 N–H and O–H groups in total. The van der Waals surface area contributed by atoms with E-state index in [2.05, 4.69) is 20.2 Å². The van der Waals surface area contributed by atoms with Crippen molar-refractivity contribution in [2.75, 3.05) is 49.6 Å². The Bertz CT molecular complexity index is 1120. The molecule has 0 saturated carbocycles. The fourth-order valence-electron chi connectivity index (χ4n) is 3.76. The number of benzene rings is 2. The number of anilines is 2. The Hall–Kier alpha value is -3.88. The number of urea groups is 1. The lowest BCUT2D eigenvalue weighted by molar-refractivity contribution is 0.171. The number of halogens is 1. The molecule has 2 amide bonds. The van der Waals surface area contributed by atoms with E-state index in [0.29, 0.717) is 56.6 Å². The number of rotatable bonds is 3. The number of piperazine rings is 1. The molecule has 1 saturated heterocycles. The van der Waals surface area contributed by atoms with Crippen LogP contribution in [-0.2, 0) is 0 Å².